The topological polar surface area (TPSA) is 21.3 Å². The van der Waals surface area contributed by atoms with Gasteiger partial charge in [0.05, 0.1) is 6.10 Å². The molecule has 0 radical (unpaired) electrons. The zero-order chi connectivity index (χ0) is 14.6. The first-order valence-electron chi connectivity index (χ1n) is 7.21. The van der Waals surface area contributed by atoms with Gasteiger partial charge in [0.25, 0.3) is 0 Å². The van der Waals surface area contributed by atoms with Gasteiger partial charge in [0, 0.05) is 6.04 Å². The lowest BCUT2D eigenvalue weighted by Gasteiger charge is -2.41. The third kappa shape index (κ3) is 4.95. The molecule has 0 aromatic heterocycles. The minimum absolute atomic E-state index is 0.0310. The summed E-state index contributed by atoms with van der Waals surface area (Å²) in [6, 6.07) is 0.0310. The summed E-state index contributed by atoms with van der Waals surface area (Å²) in [4.78, 5) is 0. The first-order chi connectivity index (χ1) is 8.75. The molecule has 0 aliphatic heterocycles. The maximum atomic E-state index is 12.6. The molecule has 0 amide bonds. The van der Waals surface area contributed by atoms with E-state index in [0.717, 1.165) is 32.7 Å². The fourth-order valence-corrected chi connectivity index (χ4v) is 2.90. The van der Waals surface area contributed by atoms with Crippen molar-refractivity contribution in [2.45, 2.75) is 71.4 Å². The van der Waals surface area contributed by atoms with Gasteiger partial charge in [0.2, 0.25) is 0 Å². The number of nitrogens with one attached hydrogen (secondary N) is 1. The first kappa shape index (κ1) is 16.8. The maximum absolute atomic E-state index is 12.6. The Kier molecular flexibility index (Phi) is 6.12. The van der Waals surface area contributed by atoms with Crippen LogP contribution in [0, 0.1) is 11.8 Å². The molecule has 5 heteroatoms. The molecule has 5 atom stereocenters. The van der Waals surface area contributed by atoms with Gasteiger partial charge in [-0.2, -0.15) is 13.2 Å². The minimum Gasteiger partial charge on any atom is -0.364 e. The summed E-state index contributed by atoms with van der Waals surface area (Å²) in [5.74, 6) is 0.688. The molecule has 0 aromatic rings. The standard InChI is InChI=1S/C14H26F3NO/c1-5-6-18-12-8-9(2)7-10(3)13(12)19-11(4)14(15,16)17/h9-13,18H,5-8H2,1-4H3. The minimum atomic E-state index is -4.28. The number of ether oxygens (including phenoxy) is 1. The molecule has 1 fully saturated rings. The van der Waals surface area contributed by atoms with E-state index in [4.69, 9.17) is 4.74 Å². The zero-order valence-corrected chi connectivity index (χ0v) is 12.3. The zero-order valence-electron chi connectivity index (χ0n) is 12.3. The molecule has 5 unspecified atom stereocenters. The molecular formula is C14H26F3NO. The second-order valence-corrected chi connectivity index (χ2v) is 5.90. The Morgan fingerprint density at radius 2 is 1.89 bits per heavy atom. The fraction of sp³-hybridized carbons (Fsp3) is 1.00. The van der Waals surface area contributed by atoms with E-state index in [-0.39, 0.29) is 18.1 Å². The van der Waals surface area contributed by atoms with Crippen LogP contribution in [-0.2, 0) is 4.74 Å². The molecule has 0 bridgehead atoms. The lowest BCUT2D eigenvalue weighted by atomic mass is 9.78. The molecule has 19 heavy (non-hydrogen) atoms. The van der Waals surface area contributed by atoms with Crippen LogP contribution in [0.15, 0.2) is 0 Å². The third-order valence-corrected chi connectivity index (χ3v) is 3.87. The summed E-state index contributed by atoms with van der Waals surface area (Å²) in [5.41, 5.74) is 0. The molecule has 1 N–H and O–H groups in total. The van der Waals surface area contributed by atoms with Gasteiger partial charge in [-0.25, -0.2) is 0 Å². The summed E-state index contributed by atoms with van der Waals surface area (Å²) in [6.45, 7) is 8.12. The number of alkyl halides is 3. The van der Waals surface area contributed by atoms with Crippen LogP contribution >= 0.6 is 0 Å². The van der Waals surface area contributed by atoms with Crippen molar-refractivity contribution in [1.29, 1.82) is 0 Å². The van der Waals surface area contributed by atoms with Crippen molar-refractivity contribution in [2.24, 2.45) is 11.8 Å². The summed E-state index contributed by atoms with van der Waals surface area (Å²) in [7, 11) is 0. The molecule has 0 aromatic carbocycles. The number of rotatable bonds is 5. The highest BCUT2D eigenvalue weighted by Gasteiger charge is 2.42. The van der Waals surface area contributed by atoms with Crippen LogP contribution in [0.25, 0.3) is 0 Å². The average molecular weight is 281 g/mol. The van der Waals surface area contributed by atoms with Gasteiger partial charge in [-0.15, -0.1) is 0 Å². The Labute approximate surface area is 114 Å². The molecule has 0 spiro atoms. The SMILES string of the molecule is CCCNC1CC(C)CC(C)C1OC(C)C(F)(F)F. The highest BCUT2D eigenvalue weighted by Crippen LogP contribution is 2.34. The Bertz CT molecular complexity index is 270. The Balaban J connectivity index is 2.68. The number of hydrogen-bond donors (Lipinski definition) is 1. The first-order valence-corrected chi connectivity index (χ1v) is 7.21. The molecule has 2 nitrogen and oxygen atoms in total. The predicted molar refractivity (Wildman–Crippen MR) is 70.0 cm³/mol. The fourth-order valence-electron chi connectivity index (χ4n) is 2.90. The summed E-state index contributed by atoms with van der Waals surface area (Å²) in [5, 5.41) is 3.35. The lowest BCUT2D eigenvalue weighted by molar-refractivity contribution is -0.237. The Hall–Kier alpha value is -0.290. The van der Waals surface area contributed by atoms with E-state index in [9.17, 15) is 13.2 Å². The quantitative estimate of drug-likeness (QED) is 0.828. The van der Waals surface area contributed by atoms with E-state index in [1.54, 1.807) is 0 Å². The van der Waals surface area contributed by atoms with E-state index in [0.29, 0.717) is 5.92 Å². The van der Waals surface area contributed by atoms with Crippen molar-refractivity contribution in [1.82, 2.24) is 5.32 Å². The molecule has 114 valence electrons. The summed E-state index contributed by atoms with van der Waals surface area (Å²) < 4.78 is 43.3. The summed E-state index contributed by atoms with van der Waals surface area (Å²) in [6.07, 6.45) is -3.53. The molecule has 1 rings (SSSR count). The van der Waals surface area contributed by atoms with Crippen molar-refractivity contribution in [3.05, 3.63) is 0 Å². The highest BCUT2D eigenvalue weighted by atomic mass is 19.4. The van der Waals surface area contributed by atoms with Crippen molar-refractivity contribution < 1.29 is 17.9 Å². The van der Waals surface area contributed by atoms with E-state index in [2.05, 4.69) is 19.2 Å². The Morgan fingerprint density at radius 3 is 2.42 bits per heavy atom. The number of halogens is 3. The van der Waals surface area contributed by atoms with Crippen LogP contribution in [0.5, 0.6) is 0 Å². The second-order valence-electron chi connectivity index (χ2n) is 5.90. The van der Waals surface area contributed by atoms with Crippen LogP contribution in [-0.4, -0.2) is 31.0 Å². The molecule has 1 saturated carbocycles. The van der Waals surface area contributed by atoms with E-state index < -0.39 is 12.3 Å². The van der Waals surface area contributed by atoms with Gasteiger partial charge in [0.1, 0.15) is 0 Å². The van der Waals surface area contributed by atoms with E-state index >= 15 is 0 Å². The van der Waals surface area contributed by atoms with Crippen molar-refractivity contribution in [3.8, 4) is 0 Å². The molecule has 0 heterocycles. The summed E-state index contributed by atoms with van der Waals surface area (Å²) >= 11 is 0. The smallest absolute Gasteiger partial charge is 0.364 e. The molecule has 0 saturated heterocycles. The highest BCUT2D eigenvalue weighted by molar-refractivity contribution is 4.89. The van der Waals surface area contributed by atoms with Gasteiger partial charge in [-0.1, -0.05) is 20.8 Å². The second kappa shape index (κ2) is 6.93. The molecule has 1 aliphatic carbocycles. The van der Waals surface area contributed by atoms with Crippen LogP contribution in [0.1, 0.15) is 47.0 Å². The van der Waals surface area contributed by atoms with Crippen LogP contribution in [0.2, 0.25) is 0 Å². The van der Waals surface area contributed by atoms with Crippen LogP contribution in [0.4, 0.5) is 13.2 Å². The van der Waals surface area contributed by atoms with Gasteiger partial charge in [-0.3, -0.25) is 0 Å². The van der Waals surface area contributed by atoms with Crippen LogP contribution < -0.4 is 5.32 Å². The lowest BCUT2D eigenvalue weighted by Crippen LogP contribution is -2.52. The van der Waals surface area contributed by atoms with Crippen LogP contribution in [0.3, 0.4) is 0 Å². The van der Waals surface area contributed by atoms with Gasteiger partial charge in [-0.05, 0) is 44.6 Å². The van der Waals surface area contributed by atoms with Gasteiger partial charge < -0.3 is 10.1 Å². The van der Waals surface area contributed by atoms with Crippen molar-refractivity contribution in [3.63, 3.8) is 0 Å². The largest absolute Gasteiger partial charge is 0.414 e. The van der Waals surface area contributed by atoms with Gasteiger partial charge in [0.15, 0.2) is 6.10 Å². The van der Waals surface area contributed by atoms with E-state index in [1.165, 1.54) is 0 Å². The predicted octanol–water partition coefficient (Wildman–Crippen LogP) is 3.76. The van der Waals surface area contributed by atoms with E-state index in [1.807, 2.05) is 6.92 Å². The third-order valence-electron chi connectivity index (χ3n) is 3.87. The Morgan fingerprint density at radius 1 is 1.26 bits per heavy atom. The van der Waals surface area contributed by atoms with Crippen molar-refractivity contribution >= 4 is 0 Å². The average Bonchev–Trinajstić information content (AvgIpc) is 2.28. The maximum Gasteiger partial charge on any atom is 0.414 e. The number of hydrogen-bond acceptors (Lipinski definition) is 2. The van der Waals surface area contributed by atoms with Gasteiger partial charge >= 0.3 is 6.18 Å². The molecular weight excluding hydrogens is 255 g/mol. The monoisotopic (exact) mass is 281 g/mol. The normalized spacial score (nSPS) is 34.3. The van der Waals surface area contributed by atoms with Crippen molar-refractivity contribution in [2.75, 3.05) is 6.54 Å². The molecule has 1 aliphatic rings.